The molecule has 0 spiro atoms. The number of aromatic carboxylic acids is 1. The second-order valence-corrected chi connectivity index (χ2v) is 8.40. The number of rotatable bonds is 4. The molecule has 1 saturated carbocycles. The summed E-state index contributed by atoms with van der Waals surface area (Å²) in [6, 6.07) is 3.91. The van der Waals surface area contributed by atoms with Crippen molar-refractivity contribution in [2.24, 2.45) is 5.92 Å². The van der Waals surface area contributed by atoms with Gasteiger partial charge in [-0.3, -0.25) is 0 Å². The molecule has 3 atom stereocenters. The fraction of sp³-hybridized carbons (Fsp3) is 0.562. The van der Waals surface area contributed by atoms with E-state index in [1.54, 1.807) is 11.8 Å². The van der Waals surface area contributed by atoms with Crippen LogP contribution in [-0.2, 0) is 0 Å². The molecule has 2 N–H and O–H groups in total. The molecule has 3 aliphatic rings. The van der Waals surface area contributed by atoms with Gasteiger partial charge in [0.05, 0.1) is 0 Å². The van der Waals surface area contributed by atoms with E-state index in [-0.39, 0.29) is 17.3 Å². The van der Waals surface area contributed by atoms with E-state index < -0.39 is 13.1 Å². The summed E-state index contributed by atoms with van der Waals surface area (Å²) < 4.78 is 5.57. The maximum absolute atomic E-state index is 11.8. The van der Waals surface area contributed by atoms with Crippen LogP contribution in [0.2, 0.25) is 5.82 Å². The van der Waals surface area contributed by atoms with Crippen LogP contribution in [0.15, 0.2) is 17.0 Å². The number of hydrogen-bond donors (Lipinski definition) is 2. The molecule has 2 heterocycles. The highest BCUT2D eigenvalue weighted by Gasteiger charge is 2.54. The molecule has 0 aromatic heterocycles. The van der Waals surface area contributed by atoms with Crippen LogP contribution in [0.5, 0.6) is 5.75 Å². The predicted molar refractivity (Wildman–Crippen MR) is 89.4 cm³/mol. The molecule has 0 amide bonds. The van der Waals surface area contributed by atoms with Crippen LogP contribution in [0.25, 0.3) is 0 Å². The molecule has 122 valence electrons. The molecule has 3 unspecified atom stereocenters. The highest BCUT2D eigenvalue weighted by molar-refractivity contribution is 8.00. The normalized spacial score (nSPS) is 27.5. The van der Waals surface area contributed by atoms with Gasteiger partial charge in [-0.15, -0.1) is 11.8 Å². The Labute approximate surface area is 140 Å². The lowest BCUT2D eigenvalue weighted by Gasteiger charge is -2.39. The summed E-state index contributed by atoms with van der Waals surface area (Å²) in [7, 11) is 1.22. The number of fused-ring (bicyclic) bond motifs is 3. The standard InChI is InChI=1S/C16H20BNO4S/c1-8(9-6-18(2)7-9)23-13-4-3-10-11-5-12(11)17(21)22-15(10)14(13)16(19)20/h3-4,8-9,11-12,21H,5-7H2,1-2H3,(H,19,20). The lowest BCUT2D eigenvalue weighted by Crippen LogP contribution is -2.47. The van der Waals surface area contributed by atoms with Crippen molar-refractivity contribution in [1.29, 1.82) is 0 Å². The highest BCUT2D eigenvalue weighted by Crippen LogP contribution is 2.60. The third-order valence-corrected chi connectivity index (χ3v) is 6.63. The van der Waals surface area contributed by atoms with Gasteiger partial charge in [0, 0.05) is 29.1 Å². The first-order valence-corrected chi connectivity index (χ1v) is 8.93. The van der Waals surface area contributed by atoms with E-state index in [4.69, 9.17) is 4.65 Å². The lowest BCUT2D eigenvalue weighted by molar-refractivity contribution is 0.0690. The molecule has 7 heteroatoms. The Balaban J connectivity index is 1.65. The van der Waals surface area contributed by atoms with Crippen molar-refractivity contribution < 1.29 is 19.6 Å². The van der Waals surface area contributed by atoms with E-state index in [2.05, 4.69) is 18.9 Å². The van der Waals surface area contributed by atoms with Crippen molar-refractivity contribution in [3.8, 4) is 5.75 Å². The summed E-state index contributed by atoms with van der Waals surface area (Å²) in [4.78, 5) is 14.8. The number of carboxylic acid groups (broad SMARTS) is 1. The van der Waals surface area contributed by atoms with Crippen molar-refractivity contribution in [1.82, 2.24) is 4.90 Å². The molecule has 2 fully saturated rings. The van der Waals surface area contributed by atoms with E-state index in [9.17, 15) is 14.9 Å². The van der Waals surface area contributed by atoms with Crippen LogP contribution >= 0.6 is 11.8 Å². The number of carboxylic acids is 1. The zero-order valence-corrected chi connectivity index (χ0v) is 14.0. The fourth-order valence-corrected chi connectivity index (χ4v) is 4.95. The van der Waals surface area contributed by atoms with Gasteiger partial charge in [-0.2, -0.15) is 0 Å². The van der Waals surface area contributed by atoms with Gasteiger partial charge in [0.1, 0.15) is 11.3 Å². The molecule has 4 rings (SSSR count). The number of nitrogens with zero attached hydrogens (tertiary/aromatic N) is 1. The minimum Gasteiger partial charge on any atom is -0.535 e. The van der Waals surface area contributed by atoms with Gasteiger partial charge in [0.25, 0.3) is 0 Å². The first-order chi connectivity index (χ1) is 11.0. The Morgan fingerprint density at radius 2 is 2.22 bits per heavy atom. The SMILES string of the molecule is CC(Sc1ccc2c(c1C(=O)O)OB(O)C1CC21)C1CN(C)C1. The summed E-state index contributed by atoms with van der Waals surface area (Å²) in [6.45, 7) is 4.26. The molecule has 0 bridgehead atoms. The van der Waals surface area contributed by atoms with Crippen LogP contribution in [0.1, 0.15) is 35.2 Å². The second kappa shape index (κ2) is 5.43. The van der Waals surface area contributed by atoms with Gasteiger partial charge in [-0.1, -0.05) is 13.0 Å². The smallest absolute Gasteiger partial charge is 0.526 e. The van der Waals surface area contributed by atoms with Gasteiger partial charge in [-0.25, -0.2) is 4.79 Å². The quantitative estimate of drug-likeness (QED) is 0.650. The first kappa shape index (κ1) is 15.4. The summed E-state index contributed by atoms with van der Waals surface area (Å²) in [5.74, 6) is 0.373. The molecule has 1 saturated heterocycles. The first-order valence-electron chi connectivity index (χ1n) is 8.05. The topological polar surface area (TPSA) is 70.0 Å². The minimum absolute atomic E-state index is 0.132. The lowest BCUT2D eigenvalue weighted by atomic mass is 9.77. The Kier molecular flexibility index (Phi) is 3.63. The number of thioether (sulfide) groups is 1. The molecule has 1 aromatic rings. The van der Waals surface area contributed by atoms with Crippen molar-refractivity contribution >= 4 is 24.8 Å². The monoisotopic (exact) mass is 333 g/mol. The Hall–Kier alpha value is -1.18. The van der Waals surface area contributed by atoms with Gasteiger partial charge in [-0.05, 0) is 36.9 Å². The van der Waals surface area contributed by atoms with E-state index in [0.29, 0.717) is 16.9 Å². The van der Waals surface area contributed by atoms with Gasteiger partial charge in [0.2, 0.25) is 0 Å². The number of likely N-dealkylation sites (tertiary alicyclic amines) is 1. The van der Waals surface area contributed by atoms with E-state index in [1.807, 2.05) is 12.1 Å². The van der Waals surface area contributed by atoms with Crippen LogP contribution in [0, 0.1) is 5.92 Å². The van der Waals surface area contributed by atoms with Crippen molar-refractivity contribution in [3.05, 3.63) is 23.3 Å². The average Bonchev–Trinajstić information content (AvgIpc) is 3.24. The molecular weight excluding hydrogens is 313 g/mol. The summed E-state index contributed by atoms with van der Waals surface area (Å²) in [5.41, 5.74) is 1.16. The molecule has 0 radical (unpaired) electrons. The summed E-state index contributed by atoms with van der Waals surface area (Å²) >= 11 is 1.60. The van der Waals surface area contributed by atoms with Crippen LogP contribution < -0.4 is 4.65 Å². The zero-order valence-electron chi connectivity index (χ0n) is 13.2. The van der Waals surface area contributed by atoms with Crippen molar-refractivity contribution in [2.45, 2.75) is 35.2 Å². The largest absolute Gasteiger partial charge is 0.535 e. The molecule has 23 heavy (non-hydrogen) atoms. The maximum atomic E-state index is 11.8. The minimum atomic E-state index is -0.978. The second-order valence-electron chi connectivity index (χ2n) is 6.98. The van der Waals surface area contributed by atoms with E-state index >= 15 is 0 Å². The number of carbonyl (C=O) groups is 1. The third kappa shape index (κ3) is 2.55. The van der Waals surface area contributed by atoms with Gasteiger partial charge in [0.15, 0.2) is 0 Å². The van der Waals surface area contributed by atoms with Crippen molar-refractivity contribution in [3.63, 3.8) is 0 Å². The van der Waals surface area contributed by atoms with E-state index in [1.165, 1.54) is 0 Å². The Morgan fingerprint density at radius 1 is 1.48 bits per heavy atom. The summed E-state index contributed by atoms with van der Waals surface area (Å²) in [6.07, 6.45) is 0.879. The molecule has 1 aliphatic carbocycles. The van der Waals surface area contributed by atoms with E-state index in [0.717, 1.165) is 30.0 Å². The van der Waals surface area contributed by atoms with Crippen LogP contribution in [-0.4, -0.2) is 53.5 Å². The van der Waals surface area contributed by atoms with Crippen LogP contribution in [0.3, 0.4) is 0 Å². The zero-order chi connectivity index (χ0) is 16.3. The van der Waals surface area contributed by atoms with Crippen molar-refractivity contribution in [2.75, 3.05) is 20.1 Å². The maximum Gasteiger partial charge on any atom is 0.526 e. The van der Waals surface area contributed by atoms with Gasteiger partial charge < -0.3 is 19.7 Å². The predicted octanol–water partition coefficient (Wildman–Crippen LogP) is 2.16. The molecule has 5 nitrogen and oxygen atoms in total. The Bertz CT molecular complexity index is 664. The highest BCUT2D eigenvalue weighted by atomic mass is 32.2. The average molecular weight is 333 g/mol. The molecule has 2 aliphatic heterocycles. The number of benzene rings is 1. The number of hydrogen-bond acceptors (Lipinski definition) is 5. The molecular formula is C16H20BNO4S. The summed E-state index contributed by atoms with van der Waals surface area (Å²) in [5, 5.41) is 20.0. The van der Waals surface area contributed by atoms with Gasteiger partial charge >= 0.3 is 13.1 Å². The van der Waals surface area contributed by atoms with Crippen LogP contribution in [0.4, 0.5) is 0 Å². The molecule has 1 aromatic carbocycles. The third-order valence-electron chi connectivity index (χ3n) is 5.28. The fourth-order valence-electron chi connectivity index (χ4n) is 3.74. The Morgan fingerprint density at radius 3 is 2.87 bits per heavy atom.